The second kappa shape index (κ2) is 7.37. The summed E-state index contributed by atoms with van der Waals surface area (Å²) >= 11 is 0. The monoisotopic (exact) mass is 325 g/mol. The van der Waals surface area contributed by atoms with Crippen molar-refractivity contribution in [2.24, 2.45) is 0 Å². The van der Waals surface area contributed by atoms with Gasteiger partial charge in [0.2, 0.25) is 0 Å². The van der Waals surface area contributed by atoms with Crippen molar-refractivity contribution in [1.82, 2.24) is 20.0 Å². The van der Waals surface area contributed by atoms with Crippen molar-refractivity contribution in [2.45, 2.75) is 12.6 Å². The van der Waals surface area contributed by atoms with Crippen molar-refractivity contribution >= 4 is 5.91 Å². The van der Waals surface area contributed by atoms with Gasteiger partial charge in [0.1, 0.15) is 6.17 Å². The topological polar surface area (TPSA) is 62.6 Å². The number of piperazine rings is 1. The van der Waals surface area contributed by atoms with Gasteiger partial charge >= 0.3 is 0 Å². The van der Waals surface area contributed by atoms with E-state index in [-0.39, 0.29) is 12.1 Å². The van der Waals surface area contributed by atoms with Crippen LogP contribution in [0.25, 0.3) is 0 Å². The molecule has 1 fully saturated rings. The van der Waals surface area contributed by atoms with Gasteiger partial charge in [-0.3, -0.25) is 4.79 Å². The lowest BCUT2D eigenvalue weighted by molar-refractivity contribution is 0.0664. The van der Waals surface area contributed by atoms with E-state index in [1.165, 1.54) is 0 Å². The highest BCUT2D eigenvalue weighted by molar-refractivity contribution is 5.94. The molecule has 0 radical (unpaired) electrons. The molecule has 0 aromatic heterocycles. The molecule has 1 saturated heterocycles. The first-order chi connectivity index (χ1) is 11.7. The highest BCUT2D eigenvalue weighted by Gasteiger charge is 2.22. The zero-order valence-corrected chi connectivity index (χ0v) is 14.0. The molecule has 3 rings (SSSR count). The number of nitriles is 1. The maximum Gasteiger partial charge on any atom is 0.253 e. The lowest BCUT2D eigenvalue weighted by atomic mass is 10.1. The molecule has 6 heteroatoms. The molecule has 24 heavy (non-hydrogen) atoms. The molecule has 1 aromatic carbocycles. The molecule has 126 valence electrons. The van der Waals surface area contributed by atoms with Crippen LogP contribution >= 0.6 is 0 Å². The molecule has 0 saturated carbocycles. The van der Waals surface area contributed by atoms with Crippen LogP contribution in [0.3, 0.4) is 0 Å². The first-order valence-electron chi connectivity index (χ1n) is 8.32. The molecule has 0 bridgehead atoms. The predicted molar refractivity (Wildman–Crippen MR) is 91.8 cm³/mol. The van der Waals surface area contributed by atoms with Crippen LogP contribution < -0.4 is 5.32 Å². The molecule has 0 spiro atoms. The van der Waals surface area contributed by atoms with Gasteiger partial charge in [0.25, 0.3) is 5.91 Å². The Balaban J connectivity index is 1.65. The molecular formula is C18H23N5O. The molecule has 1 amide bonds. The Morgan fingerprint density at radius 2 is 1.96 bits per heavy atom. The van der Waals surface area contributed by atoms with E-state index >= 15 is 0 Å². The minimum absolute atomic E-state index is 0.0335. The van der Waals surface area contributed by atoms with Gasteiger partial charge in [0, 0.05) is 50.7 Å². The fraction of sp³-hybridized carbons (Fsp3) is 0.444. The van der Waals surface area contributed by atoms with Gasteiger partial charge in [-0.1, -0.05) is 12.1 Å². The summed E-state index contributed by atoms with van der Waals surface area (Å²) in [5.74, 6) is 0.105. The smallest absolute Gasteiger partial charge is 0.253 e. The fourth-order valence-corrected chi connectivity index (χ4v) is 3.08. The summed E-state index contributed by atoms with van der Waals surface area (Å²) in [6.45, 7) is 4.11. The highest BCUT2D eigenvalue weighted by Crippen LogP contribution is 2.23. The molecule has 1 atom stereocenters. The molecule has 1 aromatic rings. The number of carbonyl (C=O) groups is 1. The van der Waals surface area contributed by atoms with E-state index in [9.17, 15) is 4.79 Å². The van der Waals surface area contributed by atoms with E-state index < -0.39 is 0 Å². The van der Waals surface area contributed by atoms with Crippen molar-refractivity contribution in [1.29, 1.82) is 5.26 Å². The summed E-state index contributed by atoms with van der Waals surface area (Å²) in [6.07, 6.45) is 4.38. The summed E-state index contributed by atoms with van der Waals surface area (Å²) < 4.78 is 0. The Morgan fingerprint density at radius 1 is 1.25 bits per heavy atom. The van der Waals surface area contributed by atoms with Crippen LogP contribution in [0.1, 0.15) is 28.5 Å². The Morgan fingerprint density at radius 3 is 2.62 bits per heavy atom. The number of rotatable bonds is 4. The molecule has 2 aliphatic heterocycles. The van der Waals surface area contributed by atoms with Crippen molar-refractivity contribution in [3.63, 3.8) is 0 Å². The van der Waals surface area contributed by atoms with E-state index in [1.54, 1.807) is 0 Å². The third-order valence-electron chi connectivity index (χ3n) is 4.60. The van der Waals surface area contributed by atoms with E-state index in [0.29, 0.717) is 13.0 Å². The lowest BCUT2D eigenvalue weighted by Gasteiger charge is -2.32. The summed E-state index contributed by atoms with van der Waals surface area (Å²) in [4.78, 5) is 18.8. The summed E-state index contributed by atoms with van der Waals surface area (Å²) in [7, 11) is 2.08. The van der Waals surface area contributed by atoms with Crippen LogP contribution in [0.2, 0.25) is 0 Å². The molecule has 2 heterocycles. The summed E-state index contributed by atoms with van der Waals surface area (Å²) in [5.41, 5.74) is 1.82. The van der Waals surface area contributed by atoms with E-state index in [1.807, 2.05) is 41.6 Å². The van der Waals surface area contributed by atoms with Crippen molar-refractivity contribution < 1.29 is 4.79 Å². The number of likely N-dealkylation sites (N-methyl/N-ethyl adjacent to an activating group) is 1. The third-order valence-corrected chi connectivity index (χ3v) is 4.60. The standard InChI is InChI=1S/C18H23N5O/c1-21-11-13-23(14-12-21)18(24)16-5-3-15(4-6-16)17-20-8-10-22(17)9-2-7-19/h3-6,8,10,17,20H,2,9,11-14H2,1H3. The first kappa shape index (κ1) is 16.3. The maximum atomic E-state index is 12.6. The SMILES string of the molecule is CN1CCN(C(=O)c2ccc(C3NC=CN3CCC#N)cc2)CC1. The maximum absolute atomic E-state index is 12.6. The van der Waals surface area contributed by atoms with Gasteiger partial charge < -0.3 is 20.0 Å². The van der Waals surface area contributed by atoms with Crippen LogP contribution in [-0.2, 0) is 0 Å². The summed E-state index contributed by atoms with van der Waals surface area (Å²) in [5, 5.41) is 12.0. The lowest BCUT2D eigenvalue weighted by Crippen LogP contribution is -2.47. The number of amides is 1. The number of benzene rings is 1. The number of nitrogens with zero attached hydrogens (tertiary/aromatic N) is 4. The number of carbonyl (C=O) groups excluding carboxylic acids is 1. The van der Waals surface area contributed by atoms with Crippen molar-refractivity contribution in [3.8, 4) is 6.07 Å². The van der Waals surface area contributed by atoms with Crippen LogP contribution in [-0.4, -0.2) is 60.4 Å². The normalized spacial score (nSPS) is 20.8. The van der Waals surface area contributed by atoms with E-state index in [2.05, 4.69) is 28.2 Å². The quantitative estimate of drug-likeness (QED) is 0.906. The Hall–Kier alpha value is -2.52. The molecule has 0 aliphatic carbocycles. The fourth-order valence-electron chi connectivity index (χ4n) is 3.08. The zero-order chi connectivity index (χ0) is 16.9. The van der Waals surface area contributed by atoms with Gasteiger partial charge in [-0.2, -0.15) is 5.26 Å². The second-order valence-electron chi connectivity index (χ2n) is 6.25. The Kier molecular flexibility index (Phi) is 5.02. The molecular weight excluding hydrogens is 302 g/mol. The van der Waals surface area contributed by atoms with Crippen LogP contribution in [0.4, 0.5) is 0 Å². The molecule has 2 aliphatic rings. The largest absolute Gasteiger partial charge is 0.366 e. The second-order valence-corrected chi connectivity index (χ2v) is 6.25. The number of hydrogen-bond donors (Lipinski definition) is 1. The van der Waals surface area contributed by atoms with Gasteiger partial charge in [0.05, 0.1) is 12.5 Å². The molecule has 1 N–H and O–H groups in total. The van der Waals surface area contributed by atoms with E-state index in [0.717, 1.165) is 37.3 Å². The number of hydrogen-bond acceptors (Lipinski definition) is 5. The predicted octanol–water partition coefficient (Wildman–Crippen LogP) is 1.36. The van der Waals surface area contributed by atoms with E-state index in [4.69, 9.17) is 5.26 Å². The van der Waals surface area contributed by atoms with Crippen LogP contribution in [0.5, 0.6) is 0 Å². The van der Waals surface area contributed by atoms with Crippen LogP contribution in [0, 0.1) is 11.3 Å². The Bertz CT molecular complexity index is 640. The summed E-state index contributed by atoms with van der Waals surface area (Å²) in [6, 6.07) is 9.96. The first-order valence-corrected chi connectivity index (χ1v) is 8.32. The highest BCUT2D eigenvalue weighted by atomic mass is 16.2. The van der Waals surface area contributed by atoms with Gasteiger partial charge in [0.15, 0.2) is 0 Å². The third kappa shape index (κ3) is 3.52. The van der Waals surface area contributed by atoms with Gasteiger partial charge in [-0.05, 0) is 24.7 Å². The van der Waals surface area contributed by atoms with Crippen LogP contribution in [0.15, 0.2) is 36.7 Å². The van der Waals surface area contributed by atoms with Crippen molar-refractivity contribution in [3.05, 3.63) is 47.8 Å². The number of nitrogens with one attached hydrogen (secondary N) is 1. The van der Waals surface area contributed by atoms with Gasteiger partial charge in [-0.15, -0.1) is 0 Å². The zero-order valence-electron chi connectivity index (χ0n) is 14.0. The minimum atomic E-state index is 0.0335. The average molecular weight is 325 g/mol. The minimum Gasteiger partial charge on any atom is -0.366 e. The van der Waals surface area contributed by atoms with Gasteiger partial charge in [-0.25, -0.2) is 0 Å². The molecule has 1 unspecified atom stereocenters. The Labute approximate surface area is 142 Å². The molecule has 6 nitrogen and oxygen atoms in total. The van der Waals surface area contributed by atoms with Crippen molar-refractivity contribution in [2.75, 3.05) is 39.8 Å². The average Bonchev–Trinajstić information content (AvgIpc) is 3.08.